The van der Waals surface area contributed by atoms with Crippen molar-refractivity contribution >= 4 is 0 Å². The third-order valence-electron chi connectivity index (χ3n) is 4.50. The summed E-state index contributed by atoms with van der Waals surface area (Å²) in [6, 6.07) is 21.9. The van der Waals surface area contributed by atoms with Gasteiger partial charge in [-0.2, -0.15) is 5.26 Å². The van der Waals surface area contributed by atoms with E-state index in [1.165, 1.54) is 6.20 Å². The van der Waals surface area contributed by atoms with Crippen LogP contribution in [0.1, 0.15) is 5.56 Å². The lowest BCUT2D eigenvalue weighted by Gasteiger charge is -2.15. The number of rotatable bonds is 3. The van der Waals surface area contributed by atoms with Crippen LogP contribution in [0.3, 0.4) is 0 Å². The zero-order valence-electron chi connectivity index (χ0n) is 14.8. The monoisotopic (exact) mass is 365 g/mol. The highest BCUT2D eigenvalue weighted by Crippen LogP contribution is 2.38. The summed E-state index contributed by atoms with van der Waals surface area (Å²) >= 11 is 0. The highest BCUT2D eigenvalue weighted by molar-refractivity contribution is 5.94. The number of aromatic amines is 1. The fourth-order valence-corrected chi connectivity index (χ4v) is 3.24. The molecule has 4 rings (SSSR count). The molecule has 0 spiro atoms. The second kappa shape index (κ2) is 7.22. The number of aromatic nitrogens is 2. The predicted octanol–water partition coefficient (Wildman–Crippen LogP) is 4.35. The quantitative estimate of drug-likeness (QED) is 0.565. The Kier molecular flexibility index (Phi) is 4.45. The Balaban J connectivity index is 2.12. The lowest BCUT2D eigenvalue weighted by atomic mass is 9.89. The van der Waals surface area contributed by atoms with Crippen molar-refractivity contribution in [2.75, 3.05) is 0 Å². The zero-order chi connectivity index (χ0) is 19.5. The van der Waals surface area contributed by atoms with Gasteiger partial charge in [-0.3, -0.25) is 9.78 Å². The lowest BCUT2D eigenvalue weighted by molar-refractivity contribution is 0.473. The zero-order valence-corrected chi connectivity index (χ0v) is 14.8. The van der Waals surface area contributed by atoms with E-state index in [1.54, 1.807) is 42.6 Å². The van der Waals surface area contributed by atoms with Gasteiger partial charge in [-0.25, -0.2) is 0 Å². The van der Waals surface area contributed by atoms with E-state index in [1.807, 2.05) is 30.3 Å². The van der Waals surface area contributed by atoms with Crippen LogP contribution in [-0.4, -0.2) is 15.1 Å². The Morgan fingerprint density at radius 2 is 1.64 bits per heavy atom. The van der Waals surface area contributed by atoms with Crippen LogP contribution in [0.4, 0.5) is 0 Å². The molecule has 0 saturated carbocycles. The smallest absolute Gasteiger partial charge is 0.256 e. The molecular formula is C23H15N3O2. The number of benzene rings is 2. The molecule has 2 heterocycles. The second-order valence-electron chi connectivity index (χ2n) is 6.21. The van der Waals surface area contributed by atoms with Gasteiger partial charge in [0.2, 0.25) is 0 Å². The average Bonchev–Trinajstić information content (AvgIpc) is 2.75. The number of nitrogens with zero attached hydrogens (tertiary/aromatic N) is 2. The molecule has 0 fully saturated rings. The summed E-state index contributed by atoms with van der Waals surface area (Å²) < 4.78 is 0. The third kappa shape index (κ3) is 3.04. The van der Waals surface area contributed by atoms with Gasteiger partial charge >= 0.3 is 0 Å². The molecule has 5 heteroatoms. The van der Waals surface area contributed by atoms with Crippen LogP contribution in [0.25, 0.3) is 33.5 Å². The number of nitriles is 1. The van der Waals surface area contributed by atoms with Crippen molar-refractivity contribution in [1.82, 2.24) is 9.97 Å². The molecule has 2 aromatic carbocycles. The topological polar surface area (TPSA) is 89.8 Å². The summed E-state index contributed by atoms with van der Waals surface area (Å²) in [5.74, 6) is 0.0597. The molecule has 5 nitrogen and oxygen atoms in total. The van der Waals surface area contributed by atoms with E-state index in [0.29, 0.717) is 33.5 Å². The number of nitrogens with one attached hydrogen (secondary N) is 1. The van der Waals surface area contributed by atoms with Gasteiger partial charge in [0.15, 0.2) is 0 Å². The van der Waals surface area contributed by atoms with E-state index in [4.69, 9.17) is 0 Å². The van der Waals surface area contributed by atoms with Gasteiger partial charge in [0.1, 0.15) is 5.75 Å². The largest absolute Gasteiger partial charge is 0.506 e. The van der Waals surface area contributed by atoms with Crippen LogP contribution in [0, 0.1) is 11.3 Å². The van der Waals surface area contributed by atoms with E-state index in [2.05, 4.69) is 16.0 Å². The maximum absolute atomic E-state index is 12.9. The molecule has 0 unspecified atom stereocenters. The minimum Gasteiger partial charge on any atom is -0.506 e. The number of pyridine rings is 2. The molecule has 0 bridgehead atoms. The van der Waals surface area contributed by atoms with Gasteiger partial charge in [0.25, 0.3) is 5.56 Å². The number of aromatic hydroxyl groups is 1. The minimum atomic E-state index is -0.288. The van der Waals surface area contributed by atoms with Crippen molar-refractivity contribution in [3.05, 3.63) is 95.0 Å². The first-order chi connectivity index (χ1) is 13.7. The van der Waals surface area contributed by atoms with E-state index < -0.39 is 0 Å². The van der Waals surface area contributed by atoms with E-state index in [9.17, 15) is 15.2 Å². The molecule has 0 saturated heterocycles. The van der Waals surface area contributed by atoms with Crippen molar-refractivity contribution in [2.45, 2.75) is 0 Å². The highest BCUT2D eigenvalue weighted by Gasteiger charge is 2.20. The van der Waals surface area contributed by atoms with Crippen LogP contribution in [0.2, 0.25) is 0 Å². The Hall–Kier alpha value is -4.17. The minimum absolute atomic E-state index is 0.0597. The van der Waals surface area contributed by atoms with Crippen molar-refractivity contribution in [2.24, 2.45) is 0 Å². The first kappa shape index (κ1) is 17.3. The van der Waals surface area contributed by atoms with Gasteiger partial charge in [-0.05, 0) is 23.8 Å². The molecule has 0 amide bonds. The molecule has 4 aromatic rings. The highest BCUT2D eigenvalue weighted by atomic mass is 16.3. The Morgan fingerprint density at radius 3 is 2.36 bits per heavy atom. The molecule has 0 aliphatic carbocycles. The fourth-order valence-electron chi connectivity index (χ4n) is 3.24. The average molecular weight is 365 g/mol. The van der Waals surface area contributed by atoms with Gasteiger partial charge in [-0.1, -0.05) is 48.5 Å². The van der Waals surface area contributed by atoms with Crippen LogP contribution < -0.4 is 5.56 Å². The van der Waals surface area contributed by atoms with E-state index in [0.717, 1.165) is 5.56 Å². The van der Waals surface area contributed by atoms with Crippen LogP contribution in [-0.2, 0) is 0 Å². The number of H-pyrrole nitrogens is 1. The molecule has 134 valence electrons. The first-order valence-electron chi connectivity index (χ1n) is 8.65. The van der Waals surface area contributed by atoms with Gasteiger partial charge in [0, 0.05) is 22.9 Å². The SMILES string of the molecule is N#Cc1ccccc1-c1c(-c2ccccc2)c(-c2ccc(O)cn2)c[nH]c1=O. The summed E-state index contributed by atoms with van der Waals surface area (Å²) in [6.07, 6.45) is 2.97. The summed E-state index contributed by atoms with van der Waals surface area (Å²) in [5.41, 5.74) is 3.93. The van der Waals surface area contributed by atoms with Crippen molar-refractivity contribution in [3.8, 4) is 45.3 Å². The maximum Gasteiger partial charge on any atom is 0.256 e. The summed E-state index contributed by atoms with van der Waals surface area (Å²) in [6.45, 7) is 0. The second-order valence-corrected chi connectivity index (χ2v) is 6.21. The molecule has 0 aliphatic heterocycles. The molecular weight excluding hydrogens is 350 g/mol. The Morgan fingerprint density at radius 1 is 0.893 bits per heavy atom. The molecule has 0 atom stereocenters. The van der Waals surface area contributed by atoms with Gasteiger partial charge < -0.3 is 10.1 Å². The first-order valence-corrected chi connectivity index (χ1v) is 8.65. The lowest BCUT2D eigenvalue weighted by Crippen LogP contribution is -2.12. The predicted molar refractivity (Wildman–Crippen MR) is 108 cm³/mol. The molecule has 0 radical (unpaired) electrons. The fraction of sp³-hybridized carbons (Fsp3) is 0. The molecule has 2 aromatic heterocycles. The van der Waals surface area contributed by atoms with Crippen molar-refractivity contribution < 1.29 is 5.11 Å². The Labute approximate surface area is 161 Å². The maximum atomic E-state index is 12.9. The summed E-state index contributed by atoms with van der Waals surface area (Å²) in [7, 11) is 0. The standard InChI is InChI=1S/C23H15N3O2/c24-12-16-8-4-5-9-18(16)22-21(15-6-2-1-3-7-15)19(14-26-23(22)28)20-11-10-17(27)13-25-20/h1-11,13-14,27H,(H,26,28). The Bertz CT molecular complexity index is 1240. The van der Waals surface area contributed by atoms with Gasteiger partial charge in [0.05, 0.1) is 29.1 Å². The molecule has 28 heavy (non-hydrogen) atoms. The summed E-state index contributed by atoms with van der Waals surface area (Å²) in [5, 5.41) is 19.1. The van der Waals surface area contributed by atoms with Crippen LogP contribution in [0.15, 0.2) is 83.9 Å². The molecule has 0 aliphatic rings. The number of hydrogen-bond donors (Lipinski definition) is 2. The van der Waals surface area contributed by atoms with Crippen LogP contribution >= 0.6 is 0 Å². The van der Waals surface area contributed by atoms with Crippen molar-refractivity contribution in [3.63, 3.8) is 0 Å². The van der Waals surface area contributed by atoms with E-state index >= 15 is 0 Å². The molecule has 2 N–H and O–H groups in total. The third-order valence-corrected chi connectivity index (χ3v) is 4.50. The van der Waals surface area contributed by atoms with E-state index in [-0.39, 0.29) is 11.3 Å². The van der Waals surface area contributed by atoms with Gasteiger partial charge in [-0.15, -0.1) is 0 Å². The van der Waals surface area contributed by atoms with Crippen molar-refractivity contribution in [1.29, 1.82) is 5.26 Å². The summed E-state index contributed by atoms with van der Waals surface area (Å²) in [4.78, 5) is 20.0. The number of hydrogen-bond acceptors (Lipinski definition) is 4. The normalized spacial score (nSPS) is 10.4. The van der Waals surface area contributed by atoms with Crippen LogP contribution in [0.5, 0.6) is 5.75 Å².